The summed E-state index contributed by atoms with van der Waals surface area (Å²) in [7, 11) is 0. The van der Waals surface area contributed by atoms with Crippen molar-refractivity contribution >= 4 is 11.3 Å². The smallest absolute Gasteiger partial charge is 0.143 e. The topological polar surface area (TPSA) is 46.0 Å². The van der Waals surface area contributed by atoms with Crippen molar-refractivity contribution in [3.05, 3.63) is 10.0 Å². The van der Waals surface area contributed by atoms with Gasteiger partial charge in [0.2, 0.25) is 0 Å². The molecule has 0 fully saturated rings. The molecule has 0 saturated carbocycles. The van der Waals surface area contributed by atoms with Crippen LogP contribution in [0, 0.1) is 0 Å². The highest BCUT2D eigenvalue weighted by atomic mass is 32.1. The molecule has 0 saturated heterocycles. The summed E-state index contributed by atoms with van der Waals surface area (Å²) >= 11 is 1.47. The minimum absolute atomic E-state index is 0.00435. The predicted molar refractivity (Wildman–Crippen MR) is 39.9 cm³/mol. The molecule has 0 aromatic carbocycles. The van der Waals surface area contributed by atoms with Gasteiger partial charge in [-0.15, -0.1) is 10.2 Å². The second kappa shape index (κ2) is 3.07. The summed E-state index contributed by atoms with van der Waals surface area (Å²) in [5.41, 5.74) is 0. The second-order valence-electron chi connectivity index (χ2n) is 2.35. The summed E-state index contributed by atoms with van der Waals surface area (Å²) in [6, 6.07) is 0. The fourth-order valence-corrected chi connectivity index (χ4v) is 1.27. The first-order chi connectivity index (χ1) is 4.74. The van der Waals surface area contributed by atoms with Crippen LogP contribution in [0.4, 0.5) is 0 Å². The van der Waals surface area contributed by atoms with Crippen molar-refractivity contribution in [1.82, 2.24) is 10.2 Å². The summed E-state index contributed by atoms with van der Waals surface area (Å²) in [5.74, 6) is 0.415. The van der Waals surface area contributed by atoms with Gasteiger partial charge in [0.25, 0.3) is 0 Å². The number of hydrogen-bond acceptors (Lipinski definition) is 4. The zero-order valence-electron chi connectivity index (χ0n) is 6.03. The maximum Gasteiger partial charge on any atom is 0.143 e. The minimum Gasteiger partial charge on any atom is -0.389 e. The van der Waals surface area contributed by atoms with Gasteiger partial charge in [0.05, 0.1) is 6.61 Å². The van der Waals surface area contributed by atoms with Crippen molar-refractivity contribution < 1.29 is 5.11 Å². The standard InChI is InChI=1S/C6H10N2OS/c1-4(2)6-8-7-5(3-9)10-6/h4,9H,3H2,1-2H3. The van der Waals surface area contributed by atoms with Gasteiger partial charge < -0.3 is 5.11 Å². The maximum atomic E-state index is 8.64. The quantitative estimate of drug-likeness (QED) is 0.702. The van der Waals surface area contributed by atoms with Gasteiger partial charge in [-0.2, -0.15) is 0 Å². The first-order valence-corrected chi connectivity index (χ1v) is 3.99. The third kappa shape index (κ3) is 1.52. The van der Waals surface area contributed by atoms with E-state index in [-0.39, 0.29) is 6.61 Å². The Morgan fingerprint density at radius 1 is 1.50 bits per heavy atom. The Hall–Kier alpha value is -0.480. The van der Waals surface area contributed by atoms with E-state index in [1.807, 2.05) is 0 Å². The highest BCUT2D eigenvalue weighted by Crippen LogP contribution is 2.18. The molecule has 10 heavy (non-hydrogen) atoms. The number of nitrogens with zero attached hydrogens (tertiary/aromatic N) is 2. The number of rotatable bonds is 2. The van der Waals surface area contributed by atoms with E-state index in [4.69, 9.17) is 5.11 Å². The molecule has 0 aliphatic heterocycles. The molecule has 1 rings (SSSR count). The zero-order valence-corrected chi connectivity index (χ0v) is 6.85. The largest absolute Gasteiger partial charge is 0.389 e. The zero-order chi connectivity index (χ0) is 7.56. The molecule has 0 amide bonds. The lowest BCUT2D eigenvalue weighted by atomic mass is 10.2. The van der Waals surface area contributed by atoms with E-state index in [1.54, 1.807) is 0 Å². The van der Waals surface area contributed by atoms with Gasteiger partial charge in [0.15, 0.2) is 0 Å². The number of hydrogen-bond donors (Lipinski definition) is 1. The molecular formula is C6H10N2OS. The summed E-state index contributed by atoms with van der Waals surface area (Å²) in [6.07, 6.45) is 0. The average molecular weight is 158 g/mol. The molecular weight excluding hydrogens is 148 g/mol. The molecule has 1 aromatic rings. The van der Waals surface area contributed by atoms with E-state index < -0.39 is 0 Å². The summed E-state index contributed by atoms with van der Waals surface area (Å²) in [6.45, 7) is 4.12. The SMILES string of the molecule is CC(C)c1nnc(CO)s1. The van der Waals surface area contributed by atoms with Crippen molar-refractivity contribution in [2.24, 2.45) is 0 Å². The van der Waals surface area contributed by atoms with Crippen LogP contribution in [0.1, 0.15) is 29.8 Å². The van der Waals surface area contributed by atoms with Crippen LogP contribution in [0.15, 0.2) is 0 Å². The Morgan fingerprint density at radius 2 is 2.20 bits per heavy atom. The lowest BCUT2D eigenvalue weighted by Gasteiger charge is -1.92. The fraction of sp³-hybridized carbons (Fsp3) is 0.667. The van der Waals surface area contributed by atoms with Gasteiger partial charge in [-0.05, 0) is 0 Å². The van der Waals surface area contributed by atoms with E-state index in [9.17, 15) is 0 Å². The third-order valence-electron chi connectivity index (χ3n) is 1.11. The first-order valence-electron chi connectivity index (χ1n) is 3.17. The molecule has 56 valence electrons. The molecule has 1 N–H and O–H groups in total. The Labute approximate surface area is 63.7 Å². The van der Waals surface area contributed by atoms with E-state index in [0.29, 0.717) is 10.9 Å². The molecule has 1 heterocycles. The van der Waals surface area contributed by atoms with E-state index >= 15 is 0 Å². The molecule has 0 unspecified atom stereocenters. The van der Waals surface area contributed by atoms with Crippen molar-refractivity contribution in [3.63, 3.8) is 0 Å². The Morgan fingerprint density at radius 3 is 2.50 bits per heavy atom. The van der Waals surface area contributed by atoms with Gasteiger partial charge >= 0.3 is 0 Å². The van der Waals surface area contributed by atoms with Crippen molar-refractivity contribution in [3.8, 4) is 0 Å². The second-order valence-corrected chi connectivity index (χ2v) is 3.44. The van der Waals surface area contributed by atoms with Gasteiger partial charge in [-0.3, -0.25) is 0 Å². The summed E-state index contributed by atoms with van der Waals surface area (Å²) in [5, 5.41) is 18.0. The van der Waals surface area contributed by atoms with E-state index in [1.165, 1.54) is 11.3 Å². The average Bonchev–Trinajstić information content (AvgIpc) is 2.34. The van der Waals surface area contributed by atoms with Crippen molar-refractivity contribution in [2.75, 3.05) is 0 Å². The van der Waals surface area contributed by atoms with Crippen LogP contribution in [-0.2, 0) is 6.61 Å². The lowest BCUT2D eigenvalue weighted by molar-refractivity contribution is 0.280. The normalized spacial score (nSPS) is 10.8. The van der Waals surface area contributed by atoms with Gasteiger partial charge in [-0.25, -0.2) is 0 Å². The highest BCUT2D eigenvalue weighted by molar-refractivity contribution is 7.11. The van der Waals surface area contributed by atoms with Crippen LogP contribution in [0.25, 0.3) is 0 Å². The number of aliphatic hydroxyl groups is 1. The molecule has 0 bridgehead atoms. The van der Waals surface area contributed by atoms with Gasteiger partial charge in [0.1, 0.15) is 10.0 Å². The Balaban J connectivity index is 2.78. The van der Waals surface area contributed by atoms with Crippen LogP contribution in [0.5, 0.6) is 0 Å². The summed E-state index contributed by atoms with van der Waals surface area (Å²) in [4.78, 5) is 0. The first kappa shape index (κ1) is 7.63. The third-order valence-corrected chi connectivity index (χ3v) is 2.32. The summed E-state index contributed by atoms with van der Waals surface area (Å²) < 4.78 is 0. The van der Waals surface area contributed by atoms with Crippen LogP contribution in [0.3, 0.4) is 0 Å². The molecule has 4 heteroatoms. The van der Waals surface area contributed by atoms with Crippen molar-refractivity contribution in [2.45, 2.75) is 26.4 Å². The lowest BCUT2D eigenvalue weighted by Crippen LogP contribution is -1.84. The molecule has 0 aliphatic rings. The highest BCUT2D eigenvalue weighted by Gasteiger charge is 2.05. The van der Waals surface area contributed by atoms with Crippen molar-refractivity contribution in [1.29, 1.82) is 0 Å². The minimum atomic E-state index is 0.00435. The van der Waals surface area contributed by atoms with Gasteiger partial charge in [0, 0.05) is 5.92 Å². The Kier molecular flexibility index (Phi) is 2.34. The maximum absolute atomic E-state index is 8.64. The molecule has 0 aliphatic carbocycles. The van der Waals surface area contributed by atoms with Crippen LogP contribution in [0.2, 0.25) is 0 Å². The molecule has 0 atom stereocenters. The van der Waals surface area contributed by atoms with E-state index in [0.717, 1.165) is 5.01 Å². The van der Waals surface area contributed by atoms with Crippen LogP contribution >= 0.6 is 11.3 Å². The molecule has 3 nitrogen and oxygen atoms in total. The number of aliphatic hydroxyl groups excluding tert-OH is 1. The molecule has 1 aromatic heterocycles. The molecule has 0 spiro atoms. The fourth-order valence-electron chi connectivity index (χ4n) is 0.564. The predicted octanol–water partition coefficient (Wildman–Crippen LogP) is 1.15. The van der Waals surface area contributed by atoms with Gasteiger partial charge in [-0.1, -0.05) is 25.2 Å². The Bertz CT molecular complexity index is 209. The molecule has 0 radical (unpaired) electrons. The number of aromatic nitrogens is 2. The van der Waals surface area contributed by atoms with Crippen LogP contribution < -0.4 is 0 Å². The van der Waals surface area contributed by atoms with Crippen LogP contribution in [-0.4, -0.2) is 15.3 Å². The van der Waals surface area contributed by atoms with E-state index in [2.05, 4.69) is 24.0 Å². The monoisotopic (exact) mass is 158 g/mol.